The van der Waals surface area contributed by atoms with Crippen LogP contribution in [0.3, 0.4) is 0 Å². The number of aromatic nitrogens is 3. The highest BCUT2D eigenvalue weighted by Crippen LogP contribution is 2.05. The highest BCUT2D eigenvalue weighted by molar-refractivity contribution is 5.78. The molecule has 0 aliphatic carbocycles. The summed E-state index contributed by atoms with van der Waals surface area (Å²) in [6, 6.07) is 9.68. The van der Waals surface area contributed by atoms with E-state index in [0.717, 1.165) is 5.69 Å². The Morgan fingerprint density at radius 2 is 2.07 bits per heavy atom. The van der Waals surface area contributed by atoms with Crippen LogP contribution in [0.4, 0.5) is 0 Å². The first kappa shape index (κ1) is 9.39. The summed E-state index contributed by atoms with van der Waals surface area (Å²) in [5.74, 6) is 0.0927. The van der Waals surface area contributed by atoms with Crippen LogP contribution in [-0.4, -0.2) is 20.8 Å². The number of benzene rings is 1. The largest absolute Gasteiger partial charge is 0.387 e. The van der Waals surface area contributed by atoms with Crippen molar-refractivity contribution in [3.05, 3.63) is 42.2 Å². The van der Waals surface area contributed by atoms with Gasteiger partial charge in [0.05, 0.1) is 29.8 Å². The number of rotatable bonds is 3. The van der Waals surface area contributed by atoms with Crippen LogP contribution in [0.5, 0.6) is 0 Å². The van der Waals surface area contributed by atoms with Crippen molar-refractivity contribution in [2.75, 3.05) is 0 Å². The SMILES string of the molecule is N=C(N)Cc1cn(-c2ccccc2)nn1. The van der Waals surface area contributed by atoms with Gasteiger partial charge in [-0.1, -0.05) is 23.4 Å². The van der Waals surface area contributed by atoms with E-state index in [2.05, 4.69) is 10.3 Å². The summed E-state index contributed by atoms with van der Waals surface area (Å²) >= 11 is 0. The molecular formula is C10H11N5. The normalized spacial score (nSPS) is 10.1. The molecule has 0 atom stereocenters. The lowest BCUT2D eigenvalue weighted by atomic mass is 10.3. The standard InChI is InChI=1S/C10H11N5/c11-10(12)6-8-7-15(14-13-8)9-4-2-1-3-5-9/h1-5,7H,6H2,(H3,11,12). The second-order valence-corrected chi connectivity index (χ2v) is 3.19. The third-order valence-corrected chi connectivity index (χ3v) is 1.93. The summed E-state index contributed by atoms with van der Waals surface area (Å²) in [5, 5.41) is 15.0. The van der Waals surface area contributed by atoms with Crippen LogP contribution in [0.15, 0.2) is 36.5 Å². The zero-order valence-electron chi connectivity index (χ0n) is 8.09. The van der Waals surface area contributed by atoms with Crippen molar-refractivity contribution in [1.29, 1.82) is 5.41 Å². The van der Waals surface area contributed by atoms with Crippen LogP contribution in [0, 0.1) is 5.41 Å². The van der Waals surface area contributed by atoms with E-state index in [0.29, 0.717) is 12.1 Å². The Morgan fingerprint density at radius 1 is 1.33 bits per heavy atom. The van der Waals surface area contributed by atoms with Gasteiger partial charge in [-0.05, 0) is 12.1 Å². The minimum atomic E-state index is 0.0927. The molecule has 76 valence electrons. The first-order valence-corrected chi connectivity index (χ1v) is 4.55. The molecule has 0 fully saturated rings. The van der Waals surface area contributed by atoms with Gasteiger partial charge in [-0.3, -0.25) is 5.41 Å². The average Bonchev–Trinajstić information content (AvgIpc) is 2.67. The molecule has 2 aromatic rings. The Morgan fingerprint density at radius 3 is 2.73 bits per heavy atom. The number of nitrogens with one attached hydrogen (secondary N) is 1. The molecule has 5 nitrogen and oxygen atoms in total. The number of amidine groups is 1. The summed E-state index contributed by atoms with van der Waals surface area (Å²) in [6.07, 6.45) is 2.11. The minimum absolute atomic E-state index is 0.0927. The first-order chi connectivity index (χ1) is 7.25. The van der Waals surface area contributed by atoms with E-state index in [-0.39, 0.29) is 5.84 Å². The van der Waals surface area contributed by atoms with Crippen LogP contribution in [-0.2, 0) is 6.42 Å². The second-order valence-electron chi connectivity index (χ2n) is 3.19. The maximum atomic E-state index is 7.15. The fraction of sp³-hybridized carbons (Fsp3) is 0.100. The molecule has 0 aliphatic heterocycles. The molecule has 1 heterocycles. The van der Waals surface area contributed by atoms with E-state index in [1.165, 1.54) is 0 Å². The lowest BCUT2D eigenvalue weighted by Crippen LogP contribution is -2.12. The van der Waals surface area contributed by atoms with Crippen molar-refractivity contribution in [3.63, 3.8) is 0 Å². The van der Waals surface area contributed by atoms with Gasteiger partial charge in [0.1, 0.15) is 0 Å². The number of hydrogen-bond donors (Lipinski definition) is 2. The predicted octanol–water partition coefficient (Wildman–Crippen LogP) is 0.746. The molecule has 0 radical (unpaired) electrons. The molecule has 0 aliphatic rings. The van der Waals surface area contributed by atoms with Crippen LogP contribution in [0.1, 0.15) is 5.69 Å². The van der Waals surface area contributed by atoms with Gasteiger partial charge >= 0.3 is 0 Å². The second kappa shape index (κ2) is 3.91. The molecule has 0 unspecified atom stereocenters. The van der Waals surface area contributed by atoms with Crippen LogP contribution in [0.2, 0.25) is 0 Å². The maximum absolute atomic E-state index is 7.15. The van der Waals surface area contributed by atoms with E-state index in [1.54, 1.807) is 10.9 Å². The summed E-state index contributed by atoms with van der Waals surface area (Å²) in [4.78, 5) is 0. The number of para-hydroxylation sites is 1. The lowest BCUT2D eigenvalue weighted by molar-refractivity contribution is 0.800. The zero-order valence-corrected chi connectivity index (χ0v) is 8.09. The van der Waals surface area contributed by atoms with Gasteiger partial charge in [-0.15, -0.1) is 5.10 Å². The fourth-order valence-corrected chi connectivity index (χ4v) is 1.28. The van der Waals surface area contributed by atoms with Crippen molar-refractivity contribution in [3.8, 4) is 5.69 Å². The minimum Gasteiger partial charge on any atom is -0.387 e. The van der Waals surface area contributed by atoms with Crippen LogP contribution in [0.25, 0.3) is 5.69 Å². The Hall–Kier alpha value is -2.17. The molecule has 0 saturated carbocycles. The van der Waals surface area contributed by atoms with Gasteiger partial charge in [0, 0.05) is 0 Å². The average molecular weight is 201 g/mol. The molecule has 15 heavy (non-hydrogen) atoms. The molecule has 0 bridgehead atoms. The molecule has 0 saturated heterocycles. The van der Waals surface area contributed by atoms with Crippen molar-refractivity contribution in [2.45, 2.75) is 6.42 Å². The number of nitrogens with two attached hydrogens (primary N) is 1. The van der Waals surface area contributed by atoms with Gasteiger partial charge in [0.2, 0.25) is 0 Å². The summed E-state index contributed by atoms with van der Waals surface area (Å²) < 4.78 is 1.66. The lowest BCUT2D eigenvalue weighted by Gasteiger charge is -1.97. The Balaban J connectivity index is 2.24. The van der Waals surface area contributed by atoms with Gasteiger partial charge < -0.3 is 5.73 Å². The summed E-state index contributed by atoms with van der Waals surface area (Å²) in [6.45, 7) is 0. The highest BCUT2D eigenvalue weighted by Gasteiger charge is 2.02. The monoisotopic (exact) mass is 201 g/mol. The van der Waals surface area contributed by atoms with Gasteiger partial charge in [-0.2, -0.15) is 0 Å². The molecule has 1 aromatic heterocycles. The Bertz CT molecular complexity index is 460. The number of hydrogen-bond acceptors (Lipinski definition) is 3. The molecule has 5 heteroatoms. The van der Waals surface area contributed by atoms with Gasteiger partial charge in [0.25, 0.3) is 0 Å². The Kier molecular flexibility index (Phi) is 2.45. The van der Waals surface area contributed by atoms with E-state index >= 15 is 0 Å². The zero-order chi connectivity index (χ0) is 10.7. The quantitative estimate of drug-likeness (QED) is 0.568. The summed E-state index contributed by atoms with van der Waals surface area (Å²) in [5.41, 5.74) is 6.92. The van der Waals surface area contributed by atoms with Crippen molar-refractivity contribution >= 4 is 5.84 Å². The molecule has 1 aromatic carbocycles. The van der Waals surface area contributed by atoms with Crippen LogP contribution >= 0.6 is 0 Å². The maximum Gasteiger partial charge on any atom is 0.0967 e. The van der Waals surface area contributed by atoms with Crippen molar-refractivity contribution in [2.24, 2.45) is 5.73 Å². The van der Waals surface area contributed by atoms with E-state index in [4.69, 9.17) is 11.1 Å². The van der Waals surface area contributed by atoms with E-state index < -0.39 is 0 Å². The highest BCUT2D eigenvalue weighted by atomic mass is 15.4. The number of nitrogens with zero attached hydrogens (tertiary/aromatic N) is 3. The molecular weight excluding hydrogens is 190 g/mol. The topological polar surface area (TPSA) is 80.6 Å². The first-order valence-electron chi connectivity index (χ1n) is 4.55. The molecule has 2 rings (SSSR count). The molecule has 0 amide bonds. The van der Waals surface area contributed by atoms with E-state index in [1.807, 2.05) is 30.3 Å². The third kappa shape index (κ3) is 2.19. The Labute approximate surface area is 87.0 Å². The van der Waals surface area contributed by atoms with Crippen molar-refractivity contribution < 1.29 is 0 Å². The summed E-state index contributed by atoms with van der Waals surface area (Å²) in [7, 11) is 0. The molecule has 3 N–H and O–H groups in total. The van der Waals surface area contributed by atoms with Crippen LogP contribution < -0.4 is 5.73 Å². The van der Waals surface area contributed by atoms with Crippen molar-refractivity contribution in [1.82, 2.24) is 15.0 Å². The third-order valence-electron chi connectivity index (χ3n) is 1.93. The predicted molar refractivity (Wildman–Crippen MR) is 57.0 cm³/mol. The fourth-order valence-electron chi connectivity index (χ4n) is 1.28. The van der Waals surface area contributed by atoms with E-state index in [9.17, 15) is 0 Å². The molecule has 0 spiro atoms. The van der Waals surface area contributed by atoms with Gasteiger partial charge in [-0.25, -0.2) is 4.68 Å². The van der Waals surface area contributed by atoms with Gasteiger partial charge in [0.15, 0.2) is 0 Å². The smallest absolute Gasteiger partial charge is 0.0967 e.